The quantitative estimate of drug-likeness (QED) is 0.411. The molecular formula is C20H27N3O2S2. The number of hydrogen-bond donors (Lipinski definition) is 1. The SMILES string of the molecule is CCCCCn1c(SCC(=O)NC2CC2)nc2sc3c(c2c1=O)CCCC3. The van der Waals surface area contributed by atoms with Crippen molar-refractivity contribution in [1.29, 1.82) is 0 Å². The van der Waals surface area contributed by atoms with Crippen LogP contribution in [0.4, 0.5) is 0 Å². The zero-order valence-corrected chi connectivity index (χ0v) is 17.5. The minimum atomic E-state index is 0.0439. The van der Waals surface area contributed by atoms with Crippen LogP contribution in [0.5, 0.6) is 0 Å². The van der Waals surface area contributed by atoms with Crippen LogP contribution in [-0.4, -0.2) is 27.3 Å². The highest BCUT2D eigenvalue weighted by Gasteiger charge is 2.25. The van der Waals surface area contributed by atoms with Crippen LogP contribution in [0.2, 0.25) is 0 Å². The van der Waals surface area contributed by atoms with E-state index in [0.29, 0.717) is 23.5 Å². The van der Waals surface area contributed by atoms with Crippen molar-refractivity contribution >= 4 is 39.2 Å². The Hall–Kier alpha value is -1.34. The first-order chi connectivity index (χ1) is 13.2. The van der Waals surface area contributed by atoms with Gasteiger partial charge in [0.2, 0.25) is 5.91 Å². The average Bonchev–Trinajstić information content (AvgIpc) is 3.39. The van der Waals surface area contributed by atoms with E-state index in [-0.39, 0.29) is 11.5 Å². The summed E-state index contributed by atoms with van der Waals surface area (Å²) in [6.07, 6.45) is 9.78. The van der Waals surface area contributed by atoms with E-state index in [0.717, 1.165) is 61.6 Å². The number of thiophene rings is 1. The third-order valence-electron chi connectivity index (χ3n) is 5.30. The van der Waals surface area contributed by atoms with Gasteiger partial charge in [0.05, 0.1) is 11.1 Å². The maximum Gasteiger partial charge on any atom is 0.263 e. The summed E-state index contributed by atoms with van der Waals surface area (Å²) in [4.78, 5) is 32.5. The lowest BCUT2D eigenvalue weighted by atomic mass is 9.97. The number of amides is 1. The molecule has 0 spiro atoms. The highest BCUT2D eigenvalue weighted by atomic mass is 32.2. The molecule has 0 saturated heterocycles. The molecule has 2 aromatic rings. The fourth-order valence-corrected chi connectivity index (χ4v) is 5.81. The zero-order valence-electron chi connectivity index (χ0n) is 15.9. The number of carbonyl (C=O) groups is 1. The lowest BCUT2D eigenvalue weighted by Gasteiger charge is -2.13. The second-order valence-corrected chi connectivity index (χ2v) is 9.61. The van der Waals surface area contributed by atoms with Gasteiger partial charge >= 0.3 is 0 Å². The van der Waals surface area contributed by atoms with Crippen LogP contribution in [-0.2, 0) is 24.2 Å². The van der Waals surface area contributed by atoms with Gasteiger partial charge in [-0.05, 0) is 50.5 Å². The average molecular weight is 406 g/mol. The van der Waals surface area contributed by atoms with Crippen molar-refractivity contribution in [2.75, 3.05) is 5.75 Å². The van der Waals surface area contributed by atoms with Crippen molar-refractivity contribution in [3.63, 3.8) is 0 Å². The van der Waals surface area contributed by atoms with Crippen LogP contribution in [0.1, 0.15) is 62.3 Å². The summed E-state index contributed by atoms with van der Waals surface area (Å²) in [6, 6.07) is 0.365. The molecule has 2 aliphatic carbocycles. The van der Waals surface area contributed by atoms with Crippen LogP contribution in [0.15, 0.2) is 9.95 Å². The number of hydrogen-bond acceptors (Lipinski definition) is 5. The number of fused-ring (bicyclic) bond motifs is 3. The van der Waals surface area contributed by atoms with Gasteiger partial charge in [-0.2, -0.15) is 0 Å². The molecule has 1 fully saturated rings. The molecule has 0 bridgehead atoms. The van der Waals surface area contributed by atoms with Gasteiger partial charge < -0.3 is 5.32 Å². The Balaban J connectivity index is 1.65. The van der Waals surface area contributed by atoms with Crippen molar-refractivity contribution in [1.82, 2.24) is 14.9 Å². The van der Waals surface area contributed by atoms with Crippen LogP contribution in [0.3, 0.4) is 0 Å². The largest absolute Gasteiger partial charge is 0.353 e. The number of thioether (sulfide) groups is 1. The van der Waals surface area contributed by atoms with E-state index in [1.54, 1.807) is 11.3 Å². The molecule has 1 N–H and O–H groups in total. The molecular weight excluding hydrogens is 378 g/mol. The summed E-state index contributed by atoms with van der Waals surface area (Å²) in [7, 11) is 0. The molecule has 7 heteroatoms. The van der Waals surface area contributed by atoms with Crippen LogP contribution >= 0.6 is 23.1 Å². The normalized spacial score (nSPS) is 16.5. The van der Waals surface area contributed by atoms with Gasteiger partial charge in [0.15, 0.2) is 5.16 Å². The molecule has 0 aliphatic heterocycles. The second-order valence-electron chi connectivity index (χ2n) is 7.58. The Morgan fingerprint density at radius 2 is 2.11 bits per heavy atom. The molecule has 0 aromatic carbocycles. The zero-order chi connectivity index (χ0) is 18.8. The number of rotatable bonds is 8. The number of unbranched alkanes of at least 4 members (excludes halogenated alkanes) is 2. The number of aromatic nitrogens is 2. The van der Waals surface area contributed by atoms with Gasteiger partial charge in [-0.25, -0.2) is 4.98 Å². The molecule has 0 atom stereocenters. The molecule has 1 saturated carbocycles. The van der Waals surface area contributed by atoms with E-state index in [1.807, 2.05) is 4.57 Å². The molecule has 0 radical (unpaired) electrons. The molecule has 5 nitrogen and oxygen atoms in total. The first kappa shape index (κ1) is 19.0. The van der Waals surface area contributed by atoms with E-state index in [9.17, 15) is 9.59 Å². The van der Waals surface area contributed by atoms with Crippen molar-refractivity contribution < 1.29 is 4.79 Å². The summed E-state index contributed by atoms with van der Waals surface area (Å²) in [5.41, 5.74) is 1.34. The fraction of sp³-hybridized carbons (Fsp3) is 0.650. The molecule has 1 amide bonds. The molecule has 0 unspecified atom stereocenters. The third-order valence-corrected chi connectivity index (χ3v) is 7.46. The Morgan fingerprint density at radius 1 is 1.30 bits per heavy atom. The van der Waals surface area contributed by atoms with Gasteiger partial charge in [-0.1, -0.05) is 31.5 Å². The minimum Gasteiger partial charge on any atom is -0.353 e. The summed E-state index contributed by atoms with van der Waals surface area (Å²) in [5.74, 6) is 0.371. The smallest absolute Gasteiger partial charge is 0.263 e. The highest BCUT2D eigenvalue weighted by Crippen LogP contribution is 2.34. The Labute approximate surface area is 167 Å². The van der Waals surface area contributed by atoms with Gasteiger partial charge in [0, 0.05) is 17.5 Å². The van der Waals surface area contributed by atoms with Gasteiger partial charge in [-0.3, -0.25) is 14.2 Å². The Bertz CT molecular complexity index is 899. The molecule has 27 heavy (non-hydrogen) atoms. The molecule has 2 aromatic heterocycles. The molecule has 2 aliphatic rings. The predicted octanol–water partition coefficient (Wildman–Crippen LogP) is 3.90. The third kappa shape index (κ3) is 4.24. The van der Waals surface area contributed by atoms with E-state index in [4.69, 9.17) is 4.98 Å². The van der Waals surface area contributed by atoms with E-state index < -0.39 is 0 Å². The summed E-state index contributed by atoms with van der Waals surface area (Å²) in [5, 5.41) is 4.56. The number of nitrogens with one attached hydrogen (secondary N) is 1. The fourth-order valence-electron chi connectivity index (χ4n) is 3.67. The first-order valence-corrected chi connectivity index (χ1v) is 11.9. The van der Waals surface area contributed by atoms with E-state index >= 15 is 0 Å². The second kappa shape index (κ2) is 8.35. The molecule has 146 valence electrons. The van der Waals surface area contributed by atoms with Crippen molar-refractivity contribution in [2.24, 2.45) is 0 Å². The lowest BCUT2D eigenvalue weighted by molar-refractivity contribution is -0.118. The van der Waals surface area contributed by atoms with Crippen molar-refractivity contribution in [3.8, 4) is 0 Å². The Kier molecular flexibility index (Phi) is 5.88. The van der Waals surface area contributed by atoms with Crippen LogP contribution < -0.4 is 10.9 Å². The van der Waals surface area contributed by atoms with Gasteiger partial charge in [0.1, 0.15) is 4.83 Å². The van der Waals surface area contributed by atoms with E-state index in [2.05, 4.69) is 12.2 Å². The monoisotopic (exact) mass is 405 g/mol. The van der Waals surface area contributed by atoms with Gasteiger partial charge in [0.25, 0.3) is 5.56 Å². The Morgan fingerprint density at radius 3 is 2.89 bits per heavy atom. The number of carbonyl (C=O) groups excluding carboxylic acids is 1. The predicted molar refractivity (Wildman–Crippen MR) is 112 cm³/mol. The standard InChI is InChI=1S/C20H27N3O2S2/c1-2-3-6-11-23-19(25)17-14-7-4-5-8-15(14)27-18(17)22-20(23)26-12-16(24)21-13-9-10-13/h13H,2-12H2,1H3,(H,21,24). The summed E-state index contributed by atoms with van der Waals surface area (Å²) >= 11 is 3.09. The lowest BCUT2D eigenvalue weighted by Crippen LogP contribution is -2.28. The topological polar surface area (TPSA) is 64.0 Å². The van der Waals surface area contributed by atoms with Crippen molar-refractivity contribution in [3.05, 3.63) is 20.8 Å². The highest BCUT2D eigenvalue weighted by molar-refractivity contribution is 7.99. The summed E-state index contributed by atoms with van der Waals surface area (Å²) in [6.45, 7) is 2.85. The maximum atomic E-state index is 13.3. The van der Waals surface area contributed by atoms with Crippen LogP contribution in [0.25, 0.3) is 10.2 Å². The van der Waals surface area contributed by atoms with E-state index in [1.165, 1.54) is 28.6 Å². The minimum absolute atomic E-state index is 0.0439. The number of aryl methyl sites for hydroxylation is 2. The maximum absolute atomic E-state index is 13.3. The van der Waals surface area contributed by atoms with Gasteiger partial charge in [-0.15, -0.1) is 11.3 Å². The van der Waals surface area contributed by atoms with Crippen molar-refractivity contribution in [2.45, 2.75) is 82.5 Å². The molecule has 4 rings (SSSR count). The number of nitrogens with zero attached hydrogens (tertiary/aromatic N) is 2. The van der Waals surface area contributed by atoms with Crippen LogP contribution in [0, 0.1) is 0 Å². The molecule has 2 heterocycles. The first-order valence-electron chi connectivity index (χ1n) is 10.1. The summed E-state index contributed by atoms with van der Waals surface area (Å²) < 4.78 is 1.83.